The Balaban J connectivity index is 3.29. The molecule has 0 amide bonds. The maximum atomic E-state index is 12.1. The Morgan fingerprint density at radius 2 is 2.12 bits per heavy atom. The van der Waals surface area contributed by atoms with E-state index in [9.17, 15) is 13.6 Å². The van der Waals surface area contributed by atoms with Crippen molar-refractivity contribution in [1.82, 2.24) is 0 Å². The summed E-state index contributed by atoms with van der Waals surface area (Å²) in [5.74, 6) is -0.930. The molecule has 1 aromatic carbocycles. The van der Waals surface area contributed by atoms with Crippen LogP contribution in [0.4, 0.5) is 8.78 Å². The van der Waals surface area contributed by atoms with Crippen LogP contribution in [-0.2, 0) is 4.74 Å². The average Bonchev–Trinajstić information content (AvgIpc) is 2.30. The van der Waals surface area contributed by atoms with Gasteiger partial charge in [-0.2, -0.15) is 14.0 Å². The molecule has 0 saturated heterocycles. The fourth-order valence-corrected chi connectivity index (χ4v) is 1.26. The van der Waals surface area contributed by atoms with Gasteiger partial charge in [0.2, 0.25) is 0 Å². The minimum Gasteiger partial charge on any atom is -0.465 e. The molecular weight excluding hydrogens is 232 g/mol. The first-order valence-corrected chi connectivity index (χ1v) is 4.57. The number of hydrogen-bond donors (Lipinski definition) is 0. The zero-order valence-corrected chi connectivity index (χ0v) is 9.16. The molecule has 0 aromatic heterocycles. The van der Waals surface area contributed by atoms with Crippen molar-refractivity contribution >= 4 is 5.97 Å². The van der Waals surface area contributed by atoms with E-state index in [1.54, 1.807) is 6.07 Å². The van der Waals surface area contributed by atoms with Crippen LogP contribution in [0, 0.1) is 18.3 Å². The lowest BCUT2D eigenvalue weighted by Gasteiger charge is -2.10. The Morgan fingerprint density at radius 1 is 1.47 bits per heavy atom. The van der Waals surface area contributed by atoms with Crippen LogP contribution in [-0.4, -0.2) is 19.7 Å². The molecule has 4 nitrogen and oxygen atoms in total. The lowest BCUT2D eigenvalue weighted by atomic mass is 10.0. The minimum atomic E-state index is -3.02. The fourth-order valence-electron chi connectivity index (χ4n) is 1.26. The quantitative estimate of drug-likeness (QED) is 0.761. The maximum absolute atomic E-state index is 12.1. The summed E-state index contributed by atoms with van der Waals surface area (Å²) in [6.07, 6.45) is 0. The smallest absolute Gasteiger partial charge is 0.387 e. The number of ether oxygens (including phenoxy) is 2. The Bertz CT molecular complexity index is 480. The topological polar surface area (TPSA) is 59.3 Å². The molecular formula is C11H9F2NO3. The molecule has 90 valence electrons. The first kappa shape index (κ1) is 12.9. The Hall–Kier alpha value is -2.16. The van der Waals surface area contributed by atoms with Crippen molar-refractivity contribution in [1.29, 1.82) is 5.26 Å². The number of methoxy groups -OCH3 is 1. The van der Waals surface area contributed by atoms with Crippen LogP contribution in [0.15, 0.2) is 12.1 Å². The van der Waals surface area contributed by atoms with E-state index < -0.39 is 12.6 Å². The van der Waals surface area contributed by atoms with E-state index in [4.69, 9.17) is 5.26 Å². The first-order chi connectivity index (χ1) is 7.99. The van der Waals surface area contributed by atoms with Crippen LogP contribution < -0.4 is 4.74 Å². The largest absolute Gasteiger partial charge is 0.465 e. The molecule has 0 saturated carbocycles. The summed E-state index contributed by atoms with van der Waals surface area (Å²) in [6, 6.07) is 4.18. The van der Waals surface area contributed by atoms with Gasteiger partial charge in [0.25, 0.3) is 0 Å². The molecule has 0 aliphatic heterocycles. The van der Waals surface area contributed by atoms with E-state index in [2.05, 4.69) is 9.47 Å². The third kappa shape index (κ3) is 2.91. The minimum absolute atomic E-state index is 0.00898. The van der Waals surface area contributed by atoms with Crippen molar-refractivity contribution in [3.8, 4) is 11.8 Å². The number of nitrogens with zero attached hydrogens (tertiary/aromatic N) is 1. The molecule has 0 N–H and O–H groups in total. The third-order valence-electron chi connectivity index (χ3n) is 2.12. The van der Waals surface area contributed by atoms with Gasteiger partial charge >= 0.3 is 12.6 Å². The molecule has 0 spiro atoms. The highest BCUT2D eigenvalue weighted by atomic mass is 19.3. The summed E-state index contributed by atoms with van der Waals surface area (Å²) in [5, 5.41) is 8.81. The number of halogens is 2. The highest BCUT2D eigenvalue weighted by Gasteiger charge is 2.16. The van der Waals surface area contributed by atoms with Gasteiger partial charge in [-0.1, -0.05) is 0 Å². The Labute approximate surface area is 96.4 Å². The van der Waals surface area contributed by atoms with Gasteiger partial charge in [0.1, 0.15) is 5.75 Å². The normalized spacial score (nSPS) is 9.88. The summed E-state index contributed by atoms with van der Waals surface area (Å²) in [6.45, 7) is -1.56. The average molecular weight is 241 g/mol. The van der Waals surface area contributed by atoms with E-state index in [-0.39, 0.29) is 22.4 Å². The molecule has 1 aromatic rings. The summed E-state index contributed by atoms with van der Waals surface area (Å²) < 4.78 is 32.9. The van der Waals surface area contributed by atoms with Gasteiger partial charge in [-0.25, -0.2) is 4.79 Å². The zero-order chi connectivity index (χ0) is 13.0. The van der Waals surface area contributed by atoms with Crippen molar-refractivity contribution in [2.45, 2.75) is 13.5 Å². The van der Waals surface area contributed by atoms with Gasteiger partial charge in [-0.3, -0.25) is 0 Å². The van der Waals surface area contributed by atoms with E-state index in [0.717, 1.165) is 13.2 Å². The van der Waals surface area contributed by atoms with Crippen LogP contribution in [0.2, 0.25) is 0 Å². The number of carbonyl (C=O) groups excluding carboxylic acids is 1. The third-order valence-corrected chi connectivity index (χ3v) is 2.12. The lowest BCUT2D eigenvalue weighted by molar-refractivity contribution is -0.0503. The second kappa shape index (κ2) is 5.25. The molecule has 0 unspecified atom stereocenters. The molecule has 0 heterocycles. The Morgan fingerprint density at radius 3 is 2.59 bits per heavy atom. The highest BCUT2D eigenvalue weighted by molar-refractivity contribution is 5.90. The van der Waals surface area contributed by atoms with E-state index in [0.29, 0.717) is 0 Å². The van der Waals surface area contributed by atoms with E-state index in [1.165, 1.54) is 13.0 Å². The van der Waals surface area contributed by atoms with Gasteiger partial charge in [0.15, 0.2) is 0 Å². The number of nitriles is 1. The van der Waals surface area contributed by atoms with Crippen LogP contribution in [0.25, 0.3) is 0 Å². The highest BCUT2D eigenvalue weighted by Crippen LogP contribution is 2.25. The summed E-state index contributed by atoms with van der Waals surface area (Å²) in [7, 11) is 1.15. The van der Waals surface area contributed by atoms with Crippen molar-refractivity contribution in [3.63, 3.8) is 0 Å². The van der Waals surface area contributed by atoms with E-state index in [1.807, 2.05) is 0 Å². The van der Waals surface area contributed by atoms with Crippen LogP contribution in [0.3, 0.4) is 0 Å². The van der Waals surface area contributed by atoms with Crippen LogP contribution >= 0.6 is 0 Å². The molecule has 1 rings (SSSR count). The van der Waals surface area contributed by atoms with Gasteiger partial charge in [-0.15, -0.1) is 0 Å². The monoisotopic (exact) mass is 241 g/mol. The number of hydrogen-bond acceptors (Lipinski definition) is 4. The van der Waals surface area contributed by atoms with Gasteiger partial charge in [-0.05, 0) is 19.1 Å². The second-order valence-electron chi connectivity index (χ2n) is 3.13. The molecule has 0 fully saturated rings. The maximum Gasteiger partial charge on any atom is 0.387 e. The molecule has 0 atom stereocenters. The summed E-state index contributed by atoms with van der Waals surface area (Å²) >= 11 is 0. The molecule has 0 radical (unpaired) electrons. The molecule has 0 aliphatic rings. The van der Waals surface area contributed by atoms with Gasteiger partial charge in [0, 0.05) is 5.56 Å². The zero-order valence-electron chi connectivity index (χ0n) is 9.16. The van der Waals surface area contributed by atoms with Crippen molar-refractivity contribution in [2.75, 3.05) is 7.11 Å². The molecule has 17 heavy (non-hydrogen) atoms. The fraction of sp³-hybridized carbons (Fsp3) is 0.273. The number of alkyl halides is 2. The number of carbonyl (C=O) groups is 1. The first-order valence-electron chi connectivity index (χ1n) is 4.57. The van der Waals surface area contributed by atoms with Crippen LogP contribution in [0.1, 0.15) is 21.5 Å². The molecule has 0 aliphatic carbocycles. The predicted octanol–water partition coefficient (Wildman–Crippen LogP) is 2.25. The molecule has 0 bridgehead atoms. The van der Waals surface area contributed by atoms with Gasteiger partial charge < -0.3 is 9.47 Å². The predicted molar refractivity (Wildman–Crippen MR) is 53.9 cm³/mol. The summed E-state index contributed by atoms with van der Waals surface area (Å²) in [5.41, 5.74) is 0.328. The lowest BCUT2D eigenvalue weighted by Crippen LogP contribution is -2.08. The van der Waals surface area contributed by atoms with Crippen molar-refractivity contribution < 1.29 is 23.0 Å². The Kier molecular flexibility index (Phi) is 3.99. The van der Waals surface area contributed by atoms with Crippen molar-refractivity contribution in [3.05, 3.63) is 28.8 Å². The standard InChI is InChI=1S/C11H9F2NO3/c1-6-8(5-14)3-7(10(15)16-2)4-9(6)17-11(12)13/h3-4,11H,1-2H3. The molecule has 6 heteroatoms. The number of rotatable bonds is 3. The van der Waals surface area contributed by atoms with Crippen molar-refractivity contribution in [2.24, 2.45) is 0 Å². The second-order valence-corrected chi connectivity index (χ2v) is 3.13. The SMILES string of the molecule is COC(=O)c1cc(C#N)c(C)c(OC(F)F)c1. The van der Waals surface area contributed by atoms with Gasteiger partial charge in [0.05, 0.1) is 24.3 Å². The number of esters is 1. The number of benzene rings is 1. The van der Waals surface area contributed by atoms with E-state index >= 15 is 0 Å². The van der Waals surface area contributed by atoms with Crippen LogP contribution in [0.5, 0.6) is 5.75 Å². The summed E-state index contributed by atoms with van der Waals surface area (Å²) in [4.78, 5) is 11.3.